The lowest BCUT2D eigenvalue weighted by atomic mass is 10.1. The summed E-state index contributed by atoms with van der Waals surface area (Å²) in [5.74, 6) is 0.534. The fourth-order valence-electron chi connectivity index (χ4n) is 2.40. The molecule has 25 heavy (non-hydrogen) atoms. The molecular formula is C18H17ClN2O3S. The molecule has 0 saturated heterocycles. The van der Waals surface area contributed by atoms with E-state index in [1.807, 2.05) is 13.0 Å². The first kappa shape index (κ1) is 17.7. The second-order valence-electron chi connectivity index (χ2n) is 5.76. The molecule has 0 aliphatic heterocycles. The molecule has 130 valence electrons. The van der Waals surface area contributed by atoms with Crippen molar-refractivity contribution >= 4 is 21.6 Å². The maximum Gasteiger partial charge on any atom is 0.241 e. The summed E-state index contributed by atoms with van der Waals surface area (Å²) in [6, 6.07) is 13.9. The molecule has 7 heteroatoms. The van der Waals surface area contributed by atoms with Crippen LogP contribution in [0.3, 0.4) is 0 Å². The highest BCUT2D eigenvalue weighted by Gasteiger charge is 2.18. The van der Waals surface area contributed by atoms with Crippen LogP contribution in [-0.2, 0) is 16.6 Å². The number of sulfonamides is 1. The van der Waals surface area contributed by atoms with Crippen LogP contribution >= 0.6 is 11.6 Å². The highest BCUT2D eigenvalue weighted by atomic mass is 35.5. The zero-order chi connectivity index (χ0) is 18.0. The Bertz CT molecular complexity index is 995. The van der Waals surface area contributed by atoms with Crippen LogP contribution in [0.1, 0.15) is 16.8 Å². The summed E-state index contributed by atoms with van der Waals surface area (Å²) in [6.45, 7) is 3.75. The quantitative estimate of drug-likeness (QED) is 0.727. The van der Waals surface area contributed by atoms with E-state index in [4.69, 9.17) is 16.1 Å². The van der Waals surface area contributed by atoms with Crippen molar-refractivity contribution in [2.45, 2.75) is 25.3 Å². The van der Waals surface area contributed by atoms with Gasteiger partial charge in [0.15, 0.2) is 5.76 Å². The number of aromatic nitrogens is 1. The van der Waals surface area contributed by atoms with Gasteiger partial charge in [-0.2, -0.15) is 0 Å². The van der Waals surface area contributed by atoms with Gasteiger partial charge in [0.2, 0.25) is 10.0 Å². The van der Waals surface area contributed by atoms with Gasteiger partial charge < -0.3 is 4.52 Å². The first-order valence-corrected chi connectivity index (χ1v) is 9.50. The molecule has 0 unspecified atom stereocenters. The van der Waals surface area contributed by atoms with Crippen LogP contribution in [0.5, 0.6) is 0 Å². The van der Waals surface area contributed by atoms with Gasteiger partial charge in [0.25, 0.3) is 0 Å². The lowest BCUT2D eigenvalue weighted by Crippen LogP contribution is -2.24. The number of hydrogen-bond donors (Lipinski definition) is 1. The minimum Gasteiger partial charge on any atom is -0.356 e. The average molecular weight is 377 g/mol. The molecule has 1 aromatic heterocycles. The van der Waals surface area contributed by atoms with Crippen LogP contribution in [0.4, 0.5) is 0 Å². The van der Waals surface area contributed by atoms with E-state index in [0.29, 0.717) is 21.9 Å². The molecule has 0 spiro atoms. The lowest BCUT2D eigenvalue weighted by Gasteiger charge is -2.10. The van der Waals surface area contributed by atoms with E-state index in [0.717, 1.165) is 11.3 Å². The average Bonchev–Trinajstić information content (AvgIpc) is 3.01. The fraction of sp³-hybridized carbons (Fsp3) is 0.167. The molecule has 0 aliphatic carbocycles. The van der Waals surface area contributed by atoms with Crippen LogP contribution in [0.2, 0.25) is 5.02 Å². The smallest absolute Gasteiger partial charge is 0.241 e. The molecule has 3 rings (SSSR count). The van der Waals surface area contributed by atoms with Gasteiger partial charge >= 0.3 is 0 Å². The van der Waals surface area contributed by atoms with Gasteiger partial charge in [-0.3, -0.25) is 0 Å². The number of nitrogens with one attached hydrogen (secondary N) is 1. The molecule has 5 nitrogen and oxygen atoms in total. The molecule has 0 bridgehead atoms. The molecular weight excluding hydrogens is 360 g/mol. The fourth-order valence-corrected chi connectivity index (χ4v) is 3.81. The summed E-state index contributed by atoms with van der Waals surface area (Å²) in [5, 5.41) is 4.45. The molecule has 0 radical (unpaired) electrons. The van der Waals surface area contributed by atoms with Crippen molar-refractivity contribution in [3.63, 3.8) is 0 Å². The summed E-state index contributed by atoms with van der Waals surface area (Å²) in [4.78, 5) is 0.216. The van der Waals surface area contributed by atoms with E-state index >= 15 is 0 Å². The second-order valence-corrected chi connectivity index (χ2v) is 7.94. The molecule has 0 saturated carbocycles. The van der Waals surface area contributed by atoms with Crippen molar-refractivity contribution in [2.75, 3.05) is 0 Å². The molecule has 1 heterocycles. The third kappa shape index (κ3) is 4.10. The predicted octanol–water partition coefficient (Wildman–Crippen LogP) is 4.09. The number of aryl methyl sites for hydroxylation is 2. The summed E-state index contributed by atoms with van der Waals surface area (Å²) >= 11 is 5.84. The largest absolute Gasteiger partial charge is 0.356 e. The molecule has 1 N–H and O–H groups in total. The Hall–Kier alpha value is -2.15. The van der Waals surface area contributed by atoms with Crippen molar-refractivity contribution in [1.82, 2.24) is 9.88 Å². The Morgan fingerprint density at radius 3 is 2.44 bits per heavy atom. The van der Waals surface area contributed by atoms with Gasteiger partial charge in [0.1, 0.15) is 0 Å². The minimum absolute atomic E-state index is 0.185. The molecule has 0 atom stereocenters. The summed E-state index contributed by atoms with van der Waals surface area (Å²) < 4.78 is 33.2. The SMILES string of the molecule is Cc1cc(-c2ccc(C)c(S(=O)(=O)NCc3ccc(Cl)cc3)c2)on1. The van der Waals surface area contributed by atoms with Crippen LogP contribution < -0.4 is 4.72 Å². The summed E-state index contributed by atoms with van der Waals surface area (Å²) in [6.07, 6.45) is 0. The molecule has 2 aromatic carbocycles. The van der Waals surface area contributed by atoms with Gasteiger partial charge in [-0.1, -0.05) is 41.0 Å². The van der Waals surface area contributed by atoms with Crippen molar-refractivity contribution in [3.8, 4) is 11.3 Å². The molecule has 0 fully saturated rings. The van der Waals surface area contributed by atoms with E-state index in [1.165, 1.54) is 0 Å². The number of halogens is 1. The van der Waals surface area contributed by atoms with E-state index in [1.54, 1.807) is 49.4 Å². The Labute approximate surface area is 151 Å². The van der Waals surface area contributed by atoms with Gasteiger partial charge in [-0.25, -0.2) is 13.1 Å². The van der Waals surface area contributed by atoms with Crippen LogP contribution in [0.25, 0.3) is 11.3 Å². The minimum atomic E-state index is -3.67. The molecule has 0 amide bonds. The first-order valence-electron chi connectivity index (χ1n) is 7.63. The number of hydrogen-bond acceptors (Lipinski definition) is 4. The number of benzene rings is 2. The van der Waals surface area contributed by atoms with Crippen molar-refractivity contribution in [3.05, 3.63) is 70.4 Å². The Kier molecular flexibility index (Phi) is 4.94. The Morgan fingerprint density at radius 1 is 1.08 bits per heavy atom. The molecule has 3 aromatic rings. The van der Waals surface area contributed by atoms with E-state index < -0.39 is 10.0 Å². The second kappa shape index (κ2) is 7.00. The molecule has 0 aliphatic rings. The zero-order valence-electron chi connectivity index (χ0n) is 13.8. The van der Waals surface area contributed by atoms with Gasteiger partial charge in [-0.05, 0) is 43.2 Å². The Balaban J connectivity index is 1.87. The summed E-state index contributed by atoms with van der Waals surface area (Å²) in [5.41, 5.74) is 2.88. The van der Waals surface area contributed by atoms with Crippen molar-refractivity contribution < 1.29 is 12.9 Å². The topological polar surface area (TPSA) is 72.2 Å². The maximum absolute atomic E-state index is 12.7. The highest BCUT2D eigenvalue weighted by molar-refractivity contribution is 7.89. The summed E-state index contributed by atoms with van der Waals surface area (Å²) in [7, 11) is -3.67. The van der Waals surface area contributed by atoms with E-state index in [-0.39, 0.29) is 11.4 Å². The van der Waals surface area contributed by atoms with E-state index in [2.05, 4.69) is 9.88 Å². The zero-order valence-corrected chi connectivity index (χ0v) is 15.4. The number of rotatable bonds is 5. The monoisotopic (exact) mass is 376 g/mol. The predicted molar refractivity (Wildman–Crippen MR) is 96.9 cm³/mol. The normalized spacial score (nSPS) is 11.6. The first-order chi connectivity index (χ1) is 11.8. The maximum atomic E-state index is 12.7. The number of nitrogens with zero attached hydrogens (tertiary/aromatic N) is 1. The highest BCUT2D eigenvalue weighted by Crippen LogP contribution is 2.25. The van der Waals surface area contributed by atoms with Crippen LogP contribution in [-0.4, -0.2) is 13.6 Å². The van der Waals surface area contributed by atoms with Gasteiger partial charge in [0.05, 0.1) is 10.6 Å². The third-order valence-corrected chi connectivity index (χ3v) is 5.56. The van der Waals surface area contributed by atoms with E-state index in [9.17, 15) is 8.42 Å². The Morgan fingerprint density at radius 2 is 1.80 bits per heavy atom. The van der Waals surface area contributed by atoms with Crippen LogP contribution in [0.15, 0.2) is 57.9 Å². The lowest BCUT2D eigenvalue weighted by molar-refractivity contribution is 0.427. The standard InChI is InChI=1S/C18H17ClN2O3S/c1-12-3-6-15(17-9-13(2)21-24-17)10-18(12)25(22,23)20-11-14-4-7-16(19)8-5-14/h3-10,20H,11H2,1-2H3. The van der Waals surface area contributed by atoms with Crippen molar-refractivity contribution in [2.24, 2.45) is 0 Å². The van der Waals surface area contributed by atoms with Gasteiger partial charge in [-0.15, -0.1) is 0 Å². The van der Waals surface area contributed by atoms with Crippen LogP contribution in [0, 0.1) is 13.8 Å². The third-order valence-electron chi connectivity index (χ3n) is 3.77. The van der Waals surface area contributed by atoms with Gasteiger partial charge in [0, 0.05) is 23.2 Å². The van der Waals surface area contributed by atoms with Crippen molar-refractivity contribution in [1.29, 1.82) is 0 Å².